The van der Waals surface area contributed by atoms with Gasteiger partial charge in [0.25, 0.3) is 0 Å². The molecule has 2 aromatic rings. The lowest BCUT2D eigenvalue weighted by molar-refractivity contribution is 0.196. The van der Waals surface area contributed by atoms with Crippen LogP contribution in [0.4, 0.5) is 10.5 Å². The van der Waals surface area contributed by atoms with E-state index in [9.17, 15) is 4.79 Å². The van der Waals surface area contributed by atoms with Crippen LogP contribution in [-0.4, -0.2) is 46.7 Å². The first kappa shape index (κ1) is 12.7. The number of anilines is 1. The topological polar surface area (TPSA) is 41.4 Å². The van der Waals surface area contributed by atoms with E-state index in [0.717, 1.165) is 26.2 Å². The standard InChI is InChI=1S/C15H18N4O/c1-13-3-2-4-14(11-13)17-7-9-18(10-8-17)15(20)19-6-5-16-12-19/h2-6,11-12H,7-10H2,1H3. The second kappa shape index (κ2) is 5.36. The minimum atomic E-state index is 0.00592. The molecule has 0 N–H and O–H groups in total. The summed E-state index contributed by atoms with van der Waals surface area (Å²) in [7, 11) is 0. The minimum Gasteiger partial charge on any atom is -0.368 e. The molecule has 0 atom stereocenters. The van der Waals surface area contributed by atoms with Crippen molar-refractivity contribution in [3.8, 4) is 0 Å². The Morgan fingerprint density at radius 3 is 2.65 bits per heavy atom. The fourth-order valence-corrected chi connectivity index (χ4v) is 2.52. The predicted octanol–water partition coefficient (Wildman–Crippen LogP) is 1.98. The number of aryl methyl sites for hydroxylation is 1. The van der Waals surface area contributed by atoms with Gasteiger partial charge in [0.2, 0.25) is 0 Å². The van der Waals surface area contributed by atoms with Crippen molar-refractivity contribution in [2.45, 2.75) is 6.92 Å². The first-order valence-corrected chi connectivity index (χ1v) is 6.83. The maximum absolute atomic E-state index is 12.2. The summed E-state index contributed by atoms with van der Waals surface area (Å²) in [5, 5.41) is 0. The van der Waals surface area contributed by atoms with Crippen molar-refractivity contribution in [2.75, 3.05) is 31.1 Å². The van der Waals surface area contributed by atoms with Gasteiger partial charge in [-0.3, -0.25) is 4.57 Å². The molecule has 0 spiro atoms. The van der Waals surface area contributed by atoms with Gasteiger partial charge in [0.1, 0.15) is 6.33 Å². The van der Waals surface area contributed by atoms with Crippen molar-refractivity contribution >= 4 is 11.7 Å². The summed E-state index contributed by atoms with van der Waals surface area (Å²) in [5.74, 6) is 0. The highest BCUT2D eigenvalue weighted by Gasteiger charge is 2.22. The molecule has 1 aromatic heterocycles. The third kappa shape index (κ3) is 2.52. The highest BCUT2D eigenvalue weighted by atomic mass is 16.2. The van der Waals surface area contributed by atoms with Gasteiger partial charge in [-0.15, -0.1) is 0 Å². The Morgan fingerprint density at radius 2 is 2.00 bits per heavy atom. The van der Waals surface area contributed by atoms with Crippen LogP contribution in [0, 0.1) is 6.92 Å². The molecule has 1 fully saturated rings. The number of carbonyl (C=O) groups excluding carboxylic acids is 1. The van der Waals surface area contributed by atoms with Crippen LogP contribution in [0.15, 0.2) is 43.0 Å². The number of hydrogen-bond acceptors (Lipinski definition) is 3. The van der Waals surface area contributed by atoms with Crippen LogP contribution in [-0.2, 0) is 0 Å². The fraction of sp³-hybridized carbons (Fsp3) is 0.333. The van der Waals surface area contributed by atoms with Gasteiger partial charge in [0.15, 0.2) is 0 Å². The smallest absolute Gasteiger partial charge is 0.329 e. The molecule has 1 aliphatic heterocycles. The Kier molecular flexibility index (Phi) is 3.41. The molecule has 0 radical (unpaired) electrons. The van der Waals surface area contributed by atoms with E-state index in [1.165, 1.54) is 15.8 Å². The number of hydrogen-bond donors (Lipinski definition) is 0. The van der Waals surface area contributed by atoms with Crippen LogP contribution in [0.2, 0.25) is 0 Å². The summed E-state index contributed by atoms with van der Waals surface area (Å²) in [6.45, 7) is 5.31. The Labute approximate surface area is 118 Å². The van der Waals surface area contributed by atoms with Crippen molar-refractivity contribution in [2.24, 2.45) is 0 Å². The Balaban J connectivity index is 1.64. The predicted molar refractivity (Wildman–Crippen MR) is 78.0 cm³/mol. The van der Waals surface area contributed by atoms with Crippen molar-refractivity contribution in [1.82, 2.24) is 14.5 Å². The Hall–Kier alpha value is -2.30. The molecule has 0 aliphatic carbocycles. The van der Waals surface area contributed by atoms with Gasteiger partial charge in [-0.2, -0.15) is 0 Å². The maximum atomic E-state index is 12.2. The van der Waals surface area contributed by atoms with Gasteiger partial charge in [0.05, 0.1) is 0 Å². The van der Waals surface area contributed by atoms with Crippen LogP contribution in [0.25, 0.3) is 0 Å². The molecule has 5 heteroatoms. The largest absolute Gasteiger partial charge is 0.368 e. The van der Waals surface area contributed by atoms with Crippen molar-refractivity contribution in [1.29, 1.82) is 0 Å². The summed E-state index contributed by atoms with van der Waals surface area (Å²) in [4.78, 5) is 20.3. The molecule has 0 saturated carbocycles. The van der Waals surface area contributed by atoms with Crippen molar-refractivity contribution in [3.05, 3.63) is 48.5 Å². The number of aromatic nitrogens is 2. The highest BCUT2D eigenvalue weighted by molar-refractivity contribution is 5.77. The number of imidazole rings is 1. The molecule has 104 valence electrons. The zero-order valence-corrected chi connectivity index (χ0v) is 11.6. The van der Waals surface area contributed by atoms with Gasteiger partial charge >= 0.3 is 6.03 Å². The van der Waals surface area contributed by atoms with E-state index in [0.29, 0.717) is 0 Å². The zero-order valence-electron chi connectivity index (χ0n) is 11.6. The first-order valence-electron chi connectivity index (χ1n) is 6.83. The quantitative estimate of drug-likeness (QED) is 0.795. The van der Waals surface area contributed by atoms with Crippen LogP contribution in [0.1, 0.15) is 5.56 Å². The van der Waals surface area contributed by atoms with E-state index in [1.54, 1.807) is 18.7 Å². The zero-order chi connectivity index (χ0) is 13.9. The third-order valence-corrected chi connectivity index (χ3v) is 3.64. The van der Waals surface area contributed by atoms with Gasteiger partial charge in [0, 0.05) is 44.3 Å². The monoisotopic (exact) mass is 270 g/mol. The average molecular weight is 270 g/mol. The number of nitrogens with zero attached hydrogens (tertiary/aromatic N) is 4. The SMILES string of the molecule is Cc1cccc(N2CCN(C(=O)n3ccnc3)CC2)c1. The number of benzene rings is 1. The summed E-state index contributed by atoms with van der Waals surface area (Å²) >= 11 is 0. The third-order valence-electron chi connectivity index (χ3n) is 3.64. The van der Waals surface area contributed by atoms with Crippen molar-refractivity contribution < 1.29 is 4.79 Å². The Morgan fingerprint density at radius 1 is 1.20 bits per heavy atom. The fourth-order valence-electron chi connectivity index (χ4n) is 2.52. The second-order valence-corrected chi connectivity index (χ2v) is 5.07. The molecule has 2 heterocycles. The van der Waals surface area contributed by atoms with Gasteiger partial charge in [-0.25, -0.2) is 9.78 Å². The van der Waals surface area contributed by atoms with Crippen LogP contribution in [0.5, 0.6) is 0 Å². The van der Waals surface area contributed by atoms with E-state index in [1.807, 2.05) is 4.90 Å². The lowest BCUT2D eigenvalue weighted by Crippen LogP contribution is -2.49. The number of amides is 1. The van der Waals surface area contributed by atoms with E-state index in [-0.39, 0.29) is 6.03 Å². The molecule has 1 aliphatic rings. The molecule has 1 saturated heterocycles. The maximum Gasteiger partial charge on any atom is 0.329 e. The number of carbonyl (C=O) groups is 1. The van der Waals surface area contributed by atoms with Gasteiger partial charge in [-0.05, 0) is 24.6 Å². The molecule has 5 nitrogen and oxygen atoms in total. The molecule has 20 heavy (non-hydrogen) atoms. The summed E-state index contributed by atoms with van der Waals surface area (Å²) < 4.78 is 1.53. The molecule has 1 amide bonds. The second-order valence-electron chi connectivity index (χ2n) is 5.07. The van der Waals surface area contributed by atoms with E-state index < -0.39 is 0 Å². The summed E-state index contributed by atoms with van der Waals surface area (Å²) in [6.07, 6.45) is 4.87. The molecule has 0 bridgehead atoms. The van der Waals surface area contributed by atoms with Gasteiger partial charge in [-0.1, -0.05) is 12.1 Å². The van der Waals surface area contributed by atoms with Crippen LogP contribution < -0.4 is 4.90 Å². The lowest BCUT2D eigenvalue weighted by Gasteiger charge is -2.36. The van der Waals surface area contributed by atoms with E-state index in [4.69, 9.17) is 0 Å². The summed E-state index contributed by atoms with van der Waals surface area (Å²) in [6, 6.07) is 8.50. The first-order chi connectivity index (χ1) is 9.74. The highest BCUT2D eigenvalue weighted by Crippen LogP contribution is 2.18. The minimum absolute atomic E-state index is 0.00592. The molecular formula is C15H18N4O. The van der Waals surface area contributed by atoms with E-state index in [2.05, 4.69) is 41.1 Å². The lowest BCUT2D eigenvalue weighted by atomic mass is 10.2. The average Bonchev–Trinajstić information content (AvgIpc) is 3.01. The van der Waals surface area contributed by atoms with Gasteiger partial charge < -0.3 is 9.80 Å². The molecular weight excluding hydrogens is 252 g/mol. The number of rotatable bonds is 1. The summed E-state index contributed by atoms with van der Waals surface area (Å²) in [5.41, 5.74) is 2.50. The number of piperazine rings is 1. The van der Waals surface area contributed by atoms with Crippen LogP contribution >= 0.6 is 0 Å². The Bertz CT molecular complexity index is 586. The van der Waals surface area contributed by atoms with Crippen molar-refractivity contribution in [3.63, 3.8) is 0 Å². The molecule has 1 aromatic carbocycles. The molecule has 0 unspecified atom stereocenters. The van der Waals surface area contributed by atoms with E-state index >= 15 is 0 Å². The van der Waals surface area contributed by atoms with Crippen LogP contribution in [0.3, 0.4) is 0 Å². The normalized spacial score (nSPS) is 15.4. The molecule has 3 rings (SSSR count).